The third-order valence-electron chi connectivity index (χ3n) is 4.88. The largest absolute Gasteiger partial charge is 0.303 e. The predicted octanol–water partition coefficient (Wildman–Crippen LogP) is 3.19. The van der Waals surface area contributed by atoms with Gasteiger partial charge in [-0.15, -0.1) is 0 Å². The molecule has 0 bridgehead atoms. The van der Waals surface area contributed by atoms with Crippen molar-refractivity contribution in [3.05, 3.63) is 48.2 Å². The highest BCUT2D eigenvalue weighted by Gasteiger charge is 2.54. The number of carbonyl (C=O) groups is 1. The summed E-state index contributed by atoms with van der Waals surface area (Å²) >= 11 is 0. The van der Waals surface area contributed by atoms with Gasteiger partial charge in [0.1, 0.15) is 0 Å². The van der Waals surface area contributed by atoms with Gasteiger partial charge in [0.15, 0.2) is 0 Å². The van der Waals surface area contributed by atoms with E-state index in [1.54, 1.807) is 0 Å². The predicted molar refractivity (Wildman–Crippen MR) is 84.1 cm³/mol. The molecule has 1 aromatic rings. The van der Waals surface area contributed by atoms with Crippen molar-refractivity contribution in [2.75, 3.05) is 0 Å². The molecule has 2 saturated carbocycles. The quantitative estimate of drug-likeness (QED) is 0.788. The van der Waals surface area contributed by atoms with Gasteiger partial charge in [-0.2, -0.15) is 0 Å². The Bertz CT molecular complexity index is 499. The second-order valence-corrected chi connectivity index (χ2v) is 6.34. The van der Waals surface area contributed by atoms with E-state index in [0.717, 1.165) is 18.5 Å². The summed E-state index contributed by atoms with van der Waals surface area (Å²) in [4.78, 5) is 12.1. The molecule has 1 aromatic carbocycles. The highest BCUT2D eigenvalue weighted by atomic mass is 16.2. The molecule has 0 spiro atoms. The highest BCUT2D eigenvalue weighted by Crippen LogP contribution is 2.55. The summed E-state index contributed by atoms with van der Waals surface area (Å²) < 4.78 is 0. The molecule has 2 aliphatic rings. The summed E-state index contributed by atoms with van der Waals surface area (Å²) in [6.07, 6.45) is 6.83. The molecule has 21 heavy (non-hydrogen) atoms. The normalized spacial score (nSPS) is 26.6. The zero-order chi connectivity index (χ0) is 14.7. The van der Waals surface area contributed by atoms with E-state index in [-0.39, 0.29) is 11.8 Å². The lowest BCUT2D eigenvalue weighted by Crippen LogP contribution is -2.38. The first-order valence-corrected chi connectivity index (χ1v) is 8.03. The molecular weight excluding hydrogens is 260 g/mol. The Morgan fingerprint density at radius 1 is 1.10 bits per heavy atom. The van der Waals surface area contributed by atoms with Crippen LogP contribution in [-0.4, -0.2) is 5.91 Å². The molecular formula is C18H24N2O. The lowest BCUT2D eigenvalue weighted by atomic mass is 10.0. The monoisotopic (exact) mass is 284 g/mol. The van der Waals surface area contributed by atoms with Gasteiger partial charge in [-0.05, 0) is 43.1 Å². The Hall–Kier alpha value is -1.77. The van der Waals surface area contributed by atoms with E-state index in [4.69, 9.17) is 0 Å². The fourth-order valence-electron chi connectivity index (χ4n) is 3.62. The van der Waals surface area contributed by atoms with Crippen LogP contribution in [0.5, 0.6) is 0 Å². The van der Waals surface area contributed by atoms with Crippen molar-refractivity contribution in [3.63, 3.8) is 0 Å². The Labute approximate surface area is 126 Å². The second kappa shape index (κ2) is 6.33. The van der Waals surface area contributed by atoms with Crippen molar-refractivity contribution < 1.29 is 4.79 Å². The molecule has 3 heteroatoms. The van der Waals surface area contributed by atoms with Gasteiger partial charge in [0.05, 0.1) is 0 Å². The van der Waals surface area contributed by atoms with Crippen molar-refractivity contribution in [1.82, 2.24) is 10.9 Å². The first-order chi connectivity index (χ1) is 10.3. The molecule has 2 aliphatic carbocycles. The van der Waals surface area contributed by atoms with E-state index < -0.39 is 0 Å². The molecule has 112 valence electrons. The van der Waals surface area contributed by atoms with E-state index in [2.05, 4.69) is 29.6 Å². The molecule has 2 unspecified atom stereocenters. The number of aryl methyl sites for hydroxylation is 1. The van der Waals surface area contributed by atoms with Gasteiger partial charge in [0.2, 0.25) is 5.91 Å². The van der Waals surface area contributed by atoms with Crippen molar-refractivity contribution >= 4 is 5.91 Å². The number of fused-ring (bicyclic) bond motifs is 1. The summed E-state index contributed by atoms with van der Waals surface area (Å²) in [6.45, 7) is 3.99. The smallest absolute Gasteiger partial charge is 0.241 e. The van der Waals surface area contributed by atoms with Crippen LogP contribution in [-0.2, 0) is 11.2 Å². The molecule has 1 amide bonds. The van der Waals surface area contributed by atoms with Crippen LogP contribution in [0.4, 0.5) is 0 Å². The average Bonchev–Trinajstić information content (AvgIpc) is 3.26. The van der Waals surface area contributed by atoms with Crippen LogP contribution in [0.25, 0.3) is 0 Å². The Morgan fingerprint density at radius 3 is 2.43 bits per heavy atom. The number of carbonyl (C=O) groups excluding carboxylic acids is 1. The Morgan fingerprint density at radius 2 is 1.76 bits per heavy atom. The number of amides is 1. The minimum Gasteiger partial charge on any atom is -0.303 e. The van der Waals surface area contributed by atoms with E-state index in [1.807, 2.05) is 18.2 Å². The SMILES string of the molecule is C=C(CCc1ccccc1)NNC(=O)C1C2CCCCC21. The molecule has 2 atom stereocenters. The maximum Gasteiger partial charge on any atom is 0.241 e. The summed E-state index contributed by atoms with van der Waals surface area (Å²) in [5, 5.41) is 0. The number of hydrogen-bond acceptors (Lipinski definition) is 2. The third-order valence-corrected chi connectivity index (χ3v) is 4.88. The summed E-state index contributed by atoms with van der Waals surface area (Å²) in [6, 6.07) is 10.3. The minimum atomic E-state index is 0.160. The first-order valence-electron chi connectivity index (χ1n) is 8.03. The van der Waals surface area contributed by atoms with Gasteiger partial charge in [0, 0.05) is 11.6 Å². The maximum atomic E-state index is 12.1. The Kier molecular flexibility index (Phi) is 4.28. The maximum absolute atomic E-state index is 12.1. The number of hydrazine groups is 1. The van der Waals surface area contributed by atoms with Crippen LogP contribution < -0.4 is 10.9 Å². The molecule has 0 aliphatic heterocycles. The highest BCUT2D eigenvalue weighted by molar-refractivity contribution is 5.81. The number of nitrogens with one attached hydrogen (secondary N) is 2. The van der Waals surface area contributed by atoms with Crippen LogP contribution in [0, 0.1) is 17.8 Å². The molecule has 0 aromatic heterocycles. The van der Waals surface area contributed by atoms with E-state index in [0.29, 0.717) is 11.8 Å². The molecule has 3 nitrogen and oxygen atoms in total. The van der Waals surface area contributed by atoms with Gasteiger partial charge in [0.25, 0.3) is 0 Å². The summed E-state index contributed by atoms with van der Waals surface area (Å²) in [5.74, 6) is 1.71. The van der Waals surface area contributed by atoms with Crippen LogP contribution >= 0.6 is 0 Å². The molecule has 0 radical (unpaired) electrons. The number of benzene rings is 1. The van der Waals surface area contributed by atoms with Crippen molar-refractivity contribution in [3.8, 4) is 0 Å². The summed E-state index contributed by atoms with van der Waals surface area (Å²) in [5.41, 5.74) is 8.00. The zero-order valence-corrected chi connectivity index (χ0v) is 12.5. The molecule has 3 rings (SSSR count). The van der Waals surface area contributed by atoms with Crippen LogP contribution in [0.15, 0.2) is 42.6 Å². The van der Waals surface area contributed by atoms with Gasteiger partial charge in [-0.1, -0.05) is 49.8 Å². The van der Waals surface area contributed by atoms with Gasteiger partial charge in [-0.25, -0.2) is 0 Å². The van der Waals surface area contributed by atoms with Crippen molar-refractivity contribution in [2.45, 2.75) is 38.5 Å². The van der Waals surface area contributed by atoms with Crippen molar-refractivity contribution in [2.24, 2.45) is 17.8 Å². The first kappa shape index (κ1) is 14.2. The van der Waals surface area contributed by atoms with Gasteiger partial charge >= 0.3 is 0 Å². The van der Waals surface area contributed by atoms with E-state index in [1.165, 1.54) is 31.2 Å². The number of rotatable bonds is 6. The standard InChI is InChI=1S/C18H24N2O/c1-13(11-12-14-7-3-2-4-8-14)19-20-18(21)17-15-9-5-6-10-16(15)17/h2-4,7-8,15-17,19H,1,5-6,9-12H2,(H,20,21). The fourth-order valence-corrected chi connectivity index (χ4v) is 3.62. The molecule has 0 heterocycles. The lowest BCUT2D eigenvalue weighted by molar-refractivity contribution is -0.123. The van der Waals surface area contributed by atoms with E-state index >= 15 is 0 Å². The van der Waals surface area contributed by atoms with Crippen LogP contribution in [0.3, 0.4) is 0 Å². The molecule has 2 fully saturated rings. The zero-order valence-electron chi connectivity index (χ0n) is 12.5. The number of hydrogen-bond donors (Lipinski definition) is 2. The molecule has 2 N–H and O–H groups in total. The van der Waals surface area contributed by atoms with Crippen LogP contribution in [0.1, 0.15) is 37.7 Å². The van der Waals surface area contributed by atoms with Gasteiger partial charge in [-0.3, -0.25) is 10.2 Å². The van der Waals surface area contributed by atoms with Gasteiger partial charge < -0.3 is 5.43 Å². The molecule has 0 saturated heterocycles. The second-order valence-electron chi connectivity index (χ2n) is 6.34. The van der Waals surface area contributed by atoms with Crippen LogP contribution in [0.2, 0.25) is 0 Å². The lowest BCUT2D eigenvalue weighted by Gasteiger charge is -2.11. The summed E-state index contributed by atoms with van der Waals surface area (Å²) in [7, 11) is 0. The third kappa shape index (κ3) is 3.46. The number of allylic oxidation sites excluding steroid dienone is 1. The average molecular weight is 284 g/mol. The Balaban J connectivity index is 1.37. The van der Waals surface area contributed by atoms with E-state index in [9.17, 15) is 4.79 Å². The van der Waals surface area contributed by atoms with Crippen molar-refractivity contribution in [1.29, 1.82) is 0 Å². The minimum absolute atomic E-state index is 0.160. The fraction of sp³-hybridized carbons (Fsp3) is 0.500. The topological polar surface area (TPSA) is 41.1 Å².